The third-order valence-electron chi connectivity index (χ3n) is 2.49. The molecule has 0 unspecified atom stereocenters. The Morgan fingerprint density at radius 3 is 1.00 bits per heavy atom. The minimum Gasteiger partial charge on any atom is -0.204 e. The van der Waals surface area contributed by atoms with Crippen LogP contribution in [0, 0.1) is 51.8 Å². The van der Waals surface area contributed by atoms with Gasteiger partial charge in [-0.15, -0.1) is 16.6 Å². The quantitative estimate of drug-likeness (QED) is 0.483. The Morgan fingerprint density at radius 1 is 0.571 bits per heavy atom. The Hall–Kier alpha value is -1.66. The van der Waals surface area contributed by atoms with Crippen molar-refractivity contribution in [3.8, 4) is 34.4 Å². The van der Waals surface area contributed by atoms with Crippen molar-refractivity contribution in [1.82, 2.24) is 0 Å². The van der Waals surface area contributed by atoms with E-state index in [1.54, 1.807) is 0 Å². The van der Waals surface area contributed by atoms with E-state index in [1.807, 2.05) is 19.6 Å². The first-order valence-corrected chi connectivity index (χ1v) is 13.1. The van der Waals surface area contributed by atoms with Crippen molar-refractivity contribution in [2.24, 2.45) is 0 Å². The second kappa shape index (κ2) is 8.59. The summed E-state index contributed by atoms with van der Waals surface area (Å²) in [5.41, 5.74) is 7.00. The van der Waals surface area contributed by atoms with E-state index in [4.69, 9.17) is 0 Å². The molecule has 0 spiro atoms. The Labute approximate surface area is 130 Å². The summed E-state index contributed by atoms with van der Waals surface area (Å²) in [4.78, 5) is 0. The van der Waals surface area contributed by atoms with Gasteiger partial charge in [0.2, 0.25) is 0 Å². The molecule has 0 aliphatic rings. The maximum Gasteiger partial charge on any atom is 0.160 e. The van der Waals surface area contributed by atoms with Gasteiger partial charge in [-0.3, -0.25) is 0 Å². The van der Waals surface area contributed by atoms with Crippen LogP contribution < -0.4 is 0 Å². The lowest BCUT2D eigenvalue weighted by molar-refractivity contribution is 0.531. The zero-order chi connectivity index (χ0) is 15.8. The molecule has 0 saturated heterocycles. The van der Waals surface area contributed by atoms with E-state index in [1.165, 1.54) is 0 Å². The van der Waals surface area contributed by atoms with Crippen LogP contribution in [-0.2, 0) is 0 Å². The van der Waals surface area contributed by atoms with Crippen molar-refractivity contribution < 1.29 is 13.2 Å². The first-order valence-electron chi connectivity index (χ1n) is 6.75. The molecule has 0 bridgehead atoms. The molecule has 0 nitrogen and oxygen atoms in total. The summed E-state index contributed by atoms with van der Waals surface area (Å²) in [6.45, 7) is 5.71. The van der Waals surface area contributed by atoms with E-state index in [0.29, 0.717) is 0 Å². The second-order valence-electron chi connectivity index (χ2n) is 4.03. The predicted molar refractivity (Wildman–Crippen MR) is 90.2 cm³/mol. The summed E-state index contributed by atoms with van der Waals surface area (Å²) in [5.74, 6) is 4.41. The Bertz CT molecular complexity index is 601. The van der Waals surface area contributed by atoms with Crippen LogP contribution in [0.3, 0.4) is 0 Å². The van der Waals surface area contributed by atoms with Gasteiger partial charge in [0.25, 0.3) is 0 Å². The average Bonchev–Trinajstić information content (AvgIpc) is 2.47. The minimum absolute atomic E-state index is 0.408. The maximum absolute atomic E-state index is 14.2. The molecule has 0 atom stereocenters. The van der Waals surface area contributed by atoms with Gasteiger partial charge in [-0.25, -0.2) is 13.2 Å². The highest BCUT2D eigenvalue weighted by atomic mass is 28.2. The highest BCUT2D eigenvalue weighted by molar-refractivity contribution is 6.45. The maximum atomic E-state index is 14.2. The molecule has 21 heavy (non-hydrogen) atoms. The Balaban J connectivity index is 3.73. The van der Waals surface area contributed by atoms with Gasteiger partial charge in [-0.05, 0) is 0 Å². The fourth-order valence-corrected chi connectivity index (χ4v) is 2.58. The van der Waals surface area contributed by atoms with Crippen LogP contribution in [0.4, 0.5) is 13.2 Å². The molecule has 1 rings (SSSR count). The van der Waals surface area contributed by atoms with Crippen molar-refractivity contribution >= 4 is 28.6 Å². The fraction of sp³-hybridized carbons (Fsp3) is 0.200. The highest BCUT2D eigenvalue weighted by Crippen LogP contribution is 2.23. The normalized spacial score (nSPS) is 10.6. The van der Waals surface area contributed by atoms with E-state index in [2.05, 4.69) is 34.4 Å². The number of rotatable bonds is 0. The molecule has 1 aromatic rings. The van der Waals surface area contributed by atoms with E-state index >= 15 is 0 Å². The molecule has 108 valence electrons. The number of hydrogen-bond donors (Lipinski definition) is 0. The van der Waals surface area contributed by atoms with E-state index in [0.717, 1.165) is 0 Å². The number of halogens is 3. The third kappa shape index (κ3) is 4.15. The molecule has 0 N–H and O–H groups in total. The summed E-state index contributed by atoms with van der Waals surface area (Å²) in [6.07, 6.45) is 0. The van der Waals surface area contributed by atoms with Crippen LogP contribution in [0.2, 0.25) is 19.6 Å². The summed E-state index contributed by atoms with van der Waals surface area (Å²) in [6, 6.07) is 0. The molecule has 0 aromatic heterocycles. The lowest BCUT2D eigenvalue weighted by Crippen LogP contribution is -2.05. The van der Waals surface area contributed by atoms with Crippen molar-refractivity contribution in [1.29, 1.82) is 0 Å². The molecule has 0 heterocycles. The highest BCUT2D eigenvalue weighted by Gasteiger charge is 2.22. The topological polar surface area (TPSA) is 0 Å². The lowest BCUT2D eigenvalue weighted by atomic mass is 10.0. The molecular weight excluding hydrogens is 321 g/mol. The van der Waals surface area contributed by atoms with Gasteiger partial charge in [0.15, 0.2) is 17.5 Å². The molecule has 0 aliphatic carbocycles. The van der Waals surface area contributed by atoms with Gasteiger partial charge >= 0.3 is 0 Å². The predicted octanol–water partition coefficient (Wildman–Crippen LogP) is 0.682. The zero-order valence-corrected chi connectivity index (χ0v) is 16.5. The first kappa shape index (κ1) is 17.4. The molecule has 0 saturated carbocycles. The summed E-state index contributed by atoms with van der Waals surface area (Å²) in [5, 5.41) is 0. The SMILES string of the molecule is C[SiH2]C#Cc1c(F)c(C#C[SiH2]C)c(F)c(C#C[SiH2]C)c1F. The van der Waals surface area contributed by atoms with Gasteiger partial charge in [-0.1, -0.05) is 37.4 Å². The van der Waals surface area contributed by atoms with E-state index in [-0.39, 0.29) is 0 Å². The fourth-order valence-electron chi connectivity index (χ4n) is 1.52. The third-order valence-corrected chi connectivity index (χ3v) is 4.08. The van der Waals surface area contributed by atoms with Gasteiger partial charge < -0.3 is 0 Å². The number of hydrogen-bond acceptors (Lipinski definition) is 0. The monoisotopic (exact) mass is 336 g/mol. The first-order chi connectivity index (χ1) is 10.1. The molecule has 0 aliphatic heterocycles. The molecule has 0 amide bonds. The van der Waals surface area contributed by atoms with E-state index < -0.39 is 62.7 Å². The lowest BCUT2D eigenvalue weighted by Gasteiger charge is -2.06. The number of benzene rings is 1. The molecule has 1 aromatic carbocycles. The van der Waals surface area contributed by atoms with Crippen LogP contribution in [-0.4, -0.2) is 28.6 Å². The Kier molecular flexibility index (Phi) is 7.11. The summed E-state index contributed by atoms with van der Waals surface area (Å²) in [7, 11) is -2.02. The molecule has 6 heteroatoms. The summed E-state index contributed by atoms with van der Waals surface area (Å²) >= 11 is 0. The van der Waals surface area contributed by atoms with Gasteiger partial charge in [-0.2, -0.15) is 0 Å². The van der Waals surface area contributed by atoms with Crippen LogP contribution in [0.25, 0.3) is 0 Å². The van der Waals surface area contributed by atoms with Crippen LogP contribution >= 0.6 is 0 Å². The standard InChI is InChI=1S/C15H15F3Si3/c1-19-7-4-10-13(16)11(5-8-20-2)15(18)12(14(10)17)6-9-21-3/h19-21H2,1-3H3. The van der Waals surface area contributed by atoms with Gasteiger partial charge in [0.1, 0.15) is 28.6 Å². The van der Waals surface area contributed by atoms with Crippen LogP contribution in [0.5, 0.6) is 0 Å². The second-order valence-corrected chi connectivity index (χ2v) is 7.21. The summed E-state index contributed by atoms with van der Waals surface area (Å²) < 4.78 is 42.7. The van der Waals surface area contributed by atoms with Crippen molar-refractivity contribution in [3.63, 3.8) is 0 Å². The van der Waals surface area contributed by atoms with Crippen molar-refractivity contribution in [2.75, 3.05) is 0 Å². The van der Waals surface area contributed by atoms with Crippen molar-refractivity contribution in [2.45, 2.75) is 19.6 Å². The Morgan fingerprint density at radius 2 is 0.810 bits per heavy atom. The minimum atomic E-state index is -1.01. The van der Waals surface area contributed by atoms with Crippen LogP contribution in [0.1, 0.15) is 16.7 Å². The molecular formula is C15H15F3Si3. The van der Waals surface area contributed by atoms with Gasteiger partial charge in [0, 0.05) is 0 Å². The molecule has 0 fully saturated rings. The smallest absolute Gasteiger partial charge is 0.160 e. The average molecular weight is 337 g/mol. The zero-order valence-electron chi connectivity index (χ0n) is 12.3. The van der Waals surface area contributed by atoms with Gasteiger partial charge in [0.05, 0.1) is 16.7 Å². The van der Waals surface area contributed by atoms with E-state index in [9.17, 15) is 13.2 Å². The largest absolute Gasteiger partial charge is 0.204 e. The molecule has 0 radical (unpaired) electrons. The van der Waals surface area contributed by atoms with Crippen molar-refractivity contribution in [3.05, 3.63) is 34.1 Å². The van der Waals surface area contributed by atoms with Crippen LogP contribution in [0.15, 0.2) is 0 Å².